The van der Waals surface area contributed by atoms with Crippen molar-refractivity contribution < 1.29 is 42.0 Å². The molecule has 4 aliphatic rings. The number of nitrogens with zero attached hydrogens (tertiary/aromatic N) is 10. The number of hydrogen-bond acceptors (Lipinski definition) is 16. The number of carbonyl (C=O) groups is 4. The Hall–Kier alpha value is -7.26. The number of piperidine rings is 3. The minimum Gasteiger partial charge on any atom is -0.495 e. The molecule has 20 nitrogen and oxygen atoms in total. The van der Waals surface area contributed by atoms with Crippen molar-refractivity contribution in [2.45, 2.75) is 128 Å². The van der Waals surface area contributed by atoms with Gasteiger partial charge in [0, 0.05) is 82.5 Å². The van der Waals surface area contributed by atoms with Crippen LogP contribution in [0, 0.1) is 11.6 Å². The molecule has 1 saturated carbocycles. The van der Waals surface area contributed by atoms with E-state index in [4.69, 9.17) is 34.8 Å². The molecule has 0 radical (unpaired) electrons. The number of benzene rings is 1. The molecule has 1 unspecified atom stereocenters. The lowest BCUT2D eigenvalue weighted by molar-refractivity contribution is -0.139. The van der Waals surface area contributed by atoms with Crippen LogP contribution in [0.4, 0.5) is 30.8 Å². The summed E-state index contributed by atoms with van der Waals surface area (Å²) < 4.78 is 50.5. The molecule has 388 valence electrons. The number of nitrogens with two attached hydrogens (primary N) is 1. The van der Waals surface area contributed by atoms with Gasteiger partial charge in [-0.15, -0.1) is 0 Å². The number of ether oxygens (including phenoxy) is 2. The fourth-order valence-corrected chi connectivity index (χ4v) is 9.92. The lowest BCUT2D eigenvalue weighted by Gasteiger charge is -2.40. The van der Waals surface area contributed by atoms with Crippen LogP contribution in [0.1, 0.15) is 122 Å². The summed E-state index contributed by atoms with van der Waals surface area (Å²) in [5.74, 6) is -1.00. The molecule has 4 N–H and O–H groups in total. The van der Waals surface area contributed by atoms with E-state index in [0.29, 0.717) is 111 Å². The number of halogens is 2. The third-order valence-electron chi connectivity index (χ3n) is 14.3. The van der Waals surface area contributed by atoms with Crippen LogP contribution >= 0.6 is 0 Å². The van der Waals surface area contributed by atoms with Gasteiger partial charge in [-0.1, -0.05) is 19.0 Å². The highest BCUT2D eigenvalue weighted by Crippen LogP contribution is 2.48. The second kappa shape index (κ2) is 21.1. The van der Waals surface area contributed by atoms with E-state index in [1.807, 2.05) is 51.7 Å². The second-order valence-electron chi connectivity index (χ2n) is 20.4. The Kier molecular flexibility index (Phi) is 14.6. The van der Waals surface area contributed by atoms with Crippen LogP contribution in [0.15, 0.2) is 47.7 Å². The Morgan fingerprint density at radius 1 is 0.959 bits per heavy atom. The smallest absolute Gasteiger partial charge is 0.410 e. The summed E-state index contributed by atoms with van der Waals surface area (Å²) in [6, 6.07) is 1.52. The molecule has 1 aromatic carbocycles. The van der Waals surface area contributed by atoms with Gasteiger partial charge < -0.3 is 39.7 Å². The van der Waals surface area contributed by atoms with E-state index in [1.165, 1.54) is 6.33 Å². The molecular weight excluding hydrogens is 945 g/mol. The highest BCUT2D eigenvalue weighted by molar-refractivity contribution is 6.02. The van der Waals surface area contributed by atoms with Crippen LogP contribution in [0.3, 0.4) is 0 Å². The fraction of sp³-hybridized carbons (Fsp3) is 0.529. The molecule has 1 aliphatic carbocycles. The Morgan fingerprint density at radius 2 is 1.67 bits per heavy atom. The predicted molar refractivity (Wildman–Crippen MR) is 266 cm³/mol. The van der Waals surface area contributed by atoms with Crippen molar-refractivity contribution in [1.29, 1.82) is 0 Å². The number of hydrogen-bond donors (Lipinski definition) is 3. The summed E-state index contributed by atoms with van der Waals surface area (Å²) in [6.07, 6.45) is 13.8. The third-order valence-corrected chi connectivity index (χ3v) is 14.3. The van der Waals surface area contributed by atoms with Gasteiger partial charge in [-0.25, -0.2) is 38.2 Å². The minimum atomic E-state index is -0.787. The Labute approximate surface area is 421 Å². The van der Waals surface area contributed by atoms with E-state index in [0.717, 1.165) is 30.5 Å². The van der Waals surface area contributed by atoms with Gasteiger partial charge in [-0.2, -0.15) is 5.10 Å². The van der Waals surface area contributed by atoms with E-state index in [2.05, 4.69) is 25.8 Å². The Morgan fingerprint density at radius 3 is 2.32 bits per heavy atom. The largest absolute Gasteiger partial charge is 0.495 e. The number of amides is 4. The van der Waals surface area contributed by atoms with Gasteiger partial charge in [0.25, 0.3) is 5.91 Å². The number of imide groups is 1. The van der Waals surface area contributed by atoms with Crippen molar-refractivity contribution >= 4 is 52.0 Å². The maximum Gasteiger partial charge on any atom is 0.410 e. The van der Waals surface area contributed by atoms with E-state index >= 15 is 8.78 Å². The zero-order valence-electron chi connectivity index (χ0n) is 42.0. The zero-order chi connectivity index (χ0) is 51.6. The van der Waals surface area contributed by atoms with Gasteiger partial charge in [0.05, 0.1) is 22.8 Å². The summed E-state index contributed by atoms with van der Waals surface area (Å²) in [7, 11) is 0. The molecule has 0 spiro atoms. The Balaban J connectivity index is 0.742. The fourth-order valence-electron chi connectivity index (χ4n) is 9.92. The first-order valence-electron chi connectivity index (χ1n) is 25.2. The van der Waals surface area contributed by atoms with Gasteiger partial charge in [-0.05, 0) is 95.4 Å². The highest BCUT2D eigenvalue weighted by atomic mass is 19.1. The first-order chi connectivity index (χ1) is 35.1. The van der Waals surface area contributed by atoms with Crippen LogP contribution in [0.25, 0.3) is 33.8 Å². The van der Waals surface area contributed by atoms with Crippen LogP contribution in [-0.2, 0) is 29.4 Å². The quantitative estimate of drug-likeness (QED) is 0.0655. The topological polar surface area (TPSA) is 242 Å². The van der Waals surface area contributed by atoms with Crippen molar-refractivity contribution in [3.63, 3.8) is 0 Å². The van der Waals surface area contributed by atoms with Crippen LogP contribution < -0.4 is 21.3 Å². The molecule has 7 heterocycles. The zero-order valence-corrected chi connectivity index (χ0v) is 42.0. The average Bonchev–Trinajstić information content (AvgIpc) is 3.99. The molecule has 1 atom stereocenters. The molecule has 73 heavy (non-hydrogen) atoms. The lowest BCUT2D eigenvalue weighted by atomic mass is 9.88. The maximum atomic E-state index is 15.4. The van der Waals surface area contributed by atoms with Gasteiger partial charge in [0.15, 0.2) is 35.5 Å². The van der Waals surface area contributed by atoms with Gasteiger partial charge >= 0.3 is 6.09 Å². The number of rotatable bonds is 16. The van der Waals surface area contributed by atoms with Crippen LogP contribution in [0.2, 0.25) is 0 Å². The number of aromatic nitrogens is 7. The molecule has 3 saturated heterocycles. The van der Waals surface area contributed by atoms with Gasteiger partial charge in [-0.3, -0.25) is 19.7 Å². The molecule has 4 aromatic heterocycles. The molecular formula is C51H63F2N13O7. The summed E-state index contributed by atoms with van der Waals surface area (Å²) in [4.78, 5) is 73.5. The number of anilines is 3. The second-order valence-corrected chi connectivity index (χ2v) is 20.4. The number of likely N-dealkylation sites (tertiary alicyclic amines) is 2. The summed E-state index contributed by atoms with van der Waals surface area (Å²) in [6.45, 7) is 11.9. The van der Waals surface area contributed by atoms with E-state index < -0.39 is 40.8 Å². The van der Waals surface area contributed by atoms with E-state index in [-0.39, 0.29) is 66.8 Å². The van der Waals surface area contributed by atoms with Crippen molar-refractivity contribution in [3.8, 4) is 22.8 Å². The normalized spacial score (nSPS) is 18.6. The van der Waals surface area contributed by atoms with E-state index in [9.17, 15) is 19.2 Å². The monoisotopic (exact) mass is 1010 g/mol. The van der Waals surface area contributed by atoms with Crippen molar-refractivity contribution in [3.05, 3.63) is 66.1 Å². The van der Waals surface area contributed by atoms with Crippen LogP contribution in [0.5, 0.6) is 0 Å². The molecule has 5 aromatic rings. The summed E-state index contributed by atoms with van der Waals surface area (Å²) in [5, 5.41) is 15.1. The number of carbonyl (C=O) groups excluding carboxylic acids is 4. The predicted octanol–water partition coefficient (Wildman–Crippen LogP) is 7.18. The summed E-state index contributed by atoms with van der Waals surface area (Å²) >= 11 is 0. The van der Waals surface area contributed by atoms with Crippen molar-refractivity contribution in [2.24, 2.45) is 0 Å². The summed E-state index contributed by atoms with van der Waals surface area (Å²) in [5.41, 5.74) is 8.57. The number of nitrogen functional groups attached to an aromatic ring is 1. The molecule has 22 heteroatoms. The number of fused-ring (bicyclic) bond motifs is 1. The van der Waals surface area contributed by atoms with Crippen molar-refractivity contribution in [2.75, 3.05) is 61.8 Å². The molecule has 0 bridgehead atoms. The SMILES string of the molecule is CCCN(C/C=C/OC1(CC)CCN(C(=O)COC(=O)N2CCC(c3cnc(-c4c(-c5nn(C(C)(C)C)c6ncnc(N)c56)noc4C4CC4)nc3)CC2)CC1)c1c(F)cc(NC2CCC(=O)NC2=O)cc1F. The van der Waals surface area contributed by atoms with Gasteiger partial charge in [0.1, 0.15) is 40.9 Å². The van der Waals surface area contributed by atoms with Crippen molar-refractivity contribution in [1.82, 2.24) is 50.0 Å². The lowest BCUT2D eigenvalue weighted by Crippen LogP contribution is -2.48. The Bertz CT molecular complexity index is 2860. The first kappa shape index (κ1) is 50.7. The maximum absolute atomic E-state index is 15.4. The van der Waals surface area contributed by atoms with Crippen LogP contribution in [-0.4, -0.2) is 126 Å². The molecule has 4 fully saturated rings. The standard InChI is InChI=1S/C51H63F2N13O7/c1-6-17-64(43-34(52)24-33(25-35(43)53)59-36-11-12-37(67)60-48(36)69)18-8-23-72-51(7-2)15-21-63(22-16-51)38(68)28-71-49(70)65-19-13-30(14-20-65)32-26-55-46(56-27-32)39-42(62-73-44(39)31-9-10-31)41-40-45(54)57-29-58-47(40)66(61-41)50(3,4)5/h8,23-27,29-31,36,59H,6-7,9-22,28H2,1-5H3,(H2,54,57,58)(H,60,67,69)/b23-8+. The average molecular weight is 1010 g/mol. The highest BCUT2D eigenvalue weighted by Gasteiger charge is 2.38. The van der Waals surface area contributed by atoms with E-state index in [1.54, 1.807) is 27.0 Å². The molecule has 4 amide bonds. The molecule has 9 rings (SSSR count). The minimum absolute atomic E-state index is 0.102. The van der Waals surface area contributed by atoms with Gasteiger partial charge in [0.2, 0.25) is 11.8 Å². The number of nitrogens with one attached hydrogen (secondary N) is 2. The first-order valence-corrected chi connectivity index (χ1v) is 25.2. The third kappa shape index (κ3) is 10.9. The molecule has 3 aliphatic heterocycles.